The highest BCUT2D eigenvalue weighted by Gasteiger charge is 1.98. The van der Waals surface area contributed by atoms with Crippen molar-refractivity contribution < 1.29 is 0 Å². The lowest BCUT2D eigenvalue weighted by molar-refractivity contribution is 0.617. The van der Waals surface area contributed by atoms with E-state index in [2.05, 4.69) is 25.2 Å². The molecule has 96 valence electrons. The molecule has 0 heterocycles. The molecule has 1 aromatic carbocycles. The van der Waals surface area contributed by atoms with Crippen molar-refractivity contribution in [2.75, 3.05) is 11.9 Å². The largest absolute Gasteiger partial charge is 0.385 e. The minimum absolute atomic E-state index is 0.813. The summed E-state index contributed by atoms with van der Waals surface area (Å²) in [5, 5.41) is 4.29. The standard InChI is InChI=1S/C15H24ClN/c1-3-4-5-6-7-8-11-17-15-10-9-14(16)12-13(15)2/h9-10,12,17H,3-8,11H2,1-2H3. The third-order valence-electron chi connectivity index (χ3n) is 3.03. The SMILES string of the molecule is CCCCCCCCNc1ccc(Cl)cc1C. The Labute approximate surface area is 111 Å². The maximum atomic E-state index is 5.92. The van der Waals surface area contributed by atoms with E-state index < -0.39 is 0 Å². The summed E-state index contributed by atoms with van der Waals surface area (Å²) >= 11 is 5.92. The van der Waals surface area contributed by atoms with E-state index in [1.54, 1.807) is 0 Å². The van der Waals surface area contributed by atoms with E-state index in [1.165, 1.54) is 49.8 Å². The summed E-state index contributed by atoms with van der Waals surface area (Å²) in [6.07, 6.45) is 8.04. The predicted molar refractivity (Wildman–Crippen MR) is 78.1 cm³/mol. The molecule has 0 aliphatic heterocycles. The van der Waals surface area contributed by atoms with Crippen LogP contribution < -0.4 is 5.32 Å². The van der Waals surface area contributed by atoms with Crippen molar-refractivity contribution in [2.24, 2.45) is 0 Å². The molecular formula is C15H24ClN. The summed E-state index contributed by atoms with van der Waals surface area (Å²) in [7, 11) is 0. The molecule has 17 heavy (non-hydrogen) atoms. The van der Waals surface area contributed by atoms with E-state index in [0.717, 1.165) is 11.6 Å². The first-order valence-corrected chi connectivity index (χ1v) is 7.12. The Bertz CT molecular complexity index is 323. The molecule has 1 rings (SSSR count). The minimum Gasteiger partial charge on any atom is -0.385 e. The number of unbranched alkanes of at least 4 members (excludes halogenated alkanes) is 5. The van der Waals surface area contributed by atoms with Crippen LogP contribution in [0.2, 0.25) is 5.02 Å². The third-order valence-corrected chi connectivity index (χ3v) is 3.27. The molecule has 0 fully saturated rings. The highest BCUT2D eigenvalue weighted by Crippen LogP contribution is 2.19. The Kier molecular flexibility index (Phi) is 7.11. The number of nitrogens with one attached hydrogen (secondary N) is 1. The van der Waals surface area contributed by atoms with E-state index in [0.29, 0.717) is 0 Å². The van der Waals surface area contributed by atoms with Crippen LogP contribution in [0.5, 0.6) is 0 Å². The normalized spacial score (nSPS) is 10.5. The zero-order valence-electron chi connectivity index (χ0n) is 11.1. The number of hydrogen-bond donors (Lipinski definition) is 1. The van der Waals surface area contributed by atoms with Crippen LogP contribution in [-0.4, -0.2) is 6.54 Å². The van der Waals surface area contributed by atoms with Gasteiger partial charge in [0.05, 0.1) is 0 Å². The molecule has 2 heteroatoms. The van der Waals surface area contributed by atoms with Crippen LogP contribution in [-0.2, 0) is 0 Å². The Morgan fingerprint density at radius 2 is 1.76 bits per heavy atom. The van der Waals surface area contributed by atoms with E-state index >= 15 is 0 Å². The number of anilines is 1. The molecule has 0 aromatic heterocycles. The highest BCUT2D eigenvalue weighted by molar-refractivity contribution is 6.30. The average molecular weight is 254 g/mol. The van der Waals surface area contributed by atoms with Gasteiger partial charge in [0.2, 0.25) is 0 Å². The van der Waals surface area contributed by atoms with Gasteiger partial charge in [-0.1, -0.05) is 50.6 Å². The number of rotatable bonds is 8. The maximum absolute atomic E-state index is 5.92. The van der Waals surface area contributed by atoms with Gasteiger partial charge in [0.1, 0.15) is 0 Å². The molecule has 0 aliphatic rings. The maximum Gasteiger partial charge on any atom is 0.0410 e. The van der Waals surface area contributed by atoms with Gasteiger partial charge in [0.15, 0.2) is 0 Å². The van der Waals surface area contributed by atoms with E-state index in [4.69, 9.17) is 11.6 Å². The van der Waals surface area contributed by atoms with Gasteiger partial charge in [-0.25, -0.2) is 0 Å². The second-order valence-corrected chi connectivity index (χ2v) is 5.09. The number of aryl methyl sites for hydroxylation is 1. The van der Waals surface area contributed by atoms with Crippen LogP contribution in [0.1, 0.15) is 51.0 Å². The predicted octanol–water partition coefficient (Wildman–Crippen LogP) is 5.42. The van der Waals surface area contributed by atoms with Crippen molar-refractivity contribution in [3.63, 3.8) is 0 Å². The van der Waals surface area contributed by atoms with Crippen molar-refractivity contribution in [1.29, 1.82) is 0 Å². The van der Waals surface area contributed by atoms with Crippen molar-refractivity contribution in [1.82, 2.24) is 0 Å². The average Bonchev–Trinajstić information content (AvgIpc) is 2.30. The van der Waals surface area contributed by atoms with Crippen LogP contribution in [0, 0.1) is 6.92 Å². The van der Waals surface area contributed by atoms with Crippen LogP contribution in [0.25, 0.3) is 0 Å². The zero-order valence-corrected chi connectivity index (χ0v) is 11.8. The van der Waals surface area contributed by atoms with Gasteiger partial charge in [-0.2, -0.15) is 0 Å². The minimum atomic E-state index is 0.813. The number of halogens is 1. The van der Waals surface area contributed by atoms with Gasteiger partial charge in [-0.3, -0.25) is 0 Å². The smallest absolute Gasteiger partial charge is 0.0410 e. The zero-order chi connectivity index (χ0) is 12.5. The molecule has 0 aliphatic carbocycles. The van der Waals surface area contributed by atoms with Gasteiger partial charge in [0, 0.05) is 17.3 Å². The third kappa shape index (κ3) is 5.97. The molecule has 0 spiro atoms. The molecule has 0 radical (unpaired) electrons. The monoisotopic (exact) mass is 253 g/mol. The summed E-state index contributed by atoms with van der Waals surface area (Å²) in [6, 6.07) is 6.01. The van der Waals surface area contributed by atoms with Gasteiger partial charge in [0.25, 0.3) is 0 Å². The lowest BCUT2D eigenvalue weighted by Crippen LogP contribution is -2.02. The Hall–Kier alpha value is -0.690. The van der Waals surface area contributed by atoms with Crippen molar-refractivity contribution in [3.05, 3.63) is 28.8 Å². The fraction of sp³-hybridized carbons (Fsp3) is 0.600. The van der Waals surface area contributed by atoms with Crippen LogP contribution >= 0.6 is 11.6 Å². The Morgan fingerprint density at radius 1 is 1.06 bits per heavy atom. The second kappa shape index (κ2) is 8.41. The summed E-state index contributed by atoms with van der Waals surface area (Å²) in [4.78, 5) is 0. The number of hydrogen-bond acceptors (Lipinski definition) is 1. The highest BCUT2D eigenvalue weighted by atomic mass is 35.5. The van der Waals surface area contributed by atoms with Gasteiger partial charge in [-0.05, 0) is 37.1 Å². The van der Waals surface area contributed by atoms with Gasteiger partial charge >= 0.3 is 0 Å². The van der Waals surface area contributed by atoms with Crippen LogP contribution in [0.15, 0.2) is 18.2 Å². The lowest BCUT2D eigenvalue weighted by atomic mass is 10.1. The molecule has 1 N–H and O–H groups in total. The molecule has 1 nitrogen and oxygen atoms in total. The van der Waals surface area contributed by atoms with Gasteiger partial charge in [-0.15, -0.1) is 0 Å². The van der Waals surface area contributed by atoms with Crippen LogP contribution in [0.3, 0.4) is 0 Å². The molecule has 0 bridgehead atoms. The van der Waals surface area contributed by atoms with Gasteiger partial charge < -0.3 is 5.32 Å². The molecule has 0 atom stereocenters. The summed E-state index contributed by atoms with van der Waals surface area (Å²) in [5.41, 5.74) is 2.44. The fourth-order valence-corrected chi connectivity index (χ4v) is 2.18. The Balaban J connectivity index is 2.14. The molecule has 0 amide bonds. The molecule has 0 unspecified atom stereocenters. The summed E-state index contributed by atoms with van der Waals surface area (Å²) in [6.45, 7) is 5.41. The summed E-state index contributed by atoms with van der Waals surface area (Å²) < 4.78 is 0. The molecule has 0 saturated carbocycles. The van der Waals surface area contributed by atoms with Crippen LogP contribution in [0.4, 0.5) is 5.69 Å². The van der Waals surface area contributed by atoms with Crippen molar-refractivity contribution in [2.45, 2.75) is 52.4 Å². The first-order chi connectivity index (χ1) is 8.24. The quantitative estimate of drug-likeness (QED) is 0.610. The molecule has 1 aromatic rings. The fourth-order valence-electron chi connectivity index (χ4n) is 1.95. The van der Waals surface area contributed by atoms with E-state index in [-0.39, 0.29) is 0 Å². The first kappa shape index (κ1) is 14.4. The first-order valence-electron chi connectivity index (χ1n) is 6.74. The Morgan fingerprint density at radius 3 is 2.47 bits per heavy atom. The summed E-state index contributed by atoms with van der Waals surface area (Å²) in [5.74, 6) is 0. The van der Waals surface area contributed by atoms with E-state index in [1.807, 2.05) is 12.1 Å². The van der Waals surface area contributed by atoms with Crippen molar-refractivity contribution in [3.8, 4) is 0 Å². The second-order valence-electron chi connectivity index (χ2n) is 4.65. The lowest BCUT2D eigenvalue weighted by Gasteiger charge is -2.09. The topological polar surface area (TPSA) is 12.0 Å². The van der Waals surface area contributed by atoms with E-state index in [9.17, 15) is 0 Å². The molecular weight excluding hydrogens is 230 g/mol. The number of benzene rings is 1. The molecule has 0 saturated heterocycles. The van der Waals surface area contributed by atoms with Crippen molar-refractivity contribution >= 4 is 17.3 Å².